The highest BCUT2D eigenvalue weighted by Crippen LogP contribution is 2.36. The number of amides is 2. The molecule has 4 nitrogen and oxygen atoms in total. The Kier molecular flexibility index (Phi) is 6.90. The van der Waals surface area contributed by atoms with Crippen LogP contribution in [0.15, 0.2) is 59.5 Å². The zero-order chi connectivity index (χ0) is 24.5. The number of hydrogen-bond acceptors (Lipinski definition) is 3. The molecule has 2 heterocycles. The lowest BCUT2D eigenvalue weighted by atomic mass is 9.84. The third-order valence-electron chi connectivity index (χ3n) is 7.09. The van der Waals surface area contributed by atoms with Gasteiger partial charge in [0.2, 0.25) is 0 Å². The van der Waals surface area contributed by atoms with E-state index in [-0.39, 0.29) is 17.7 Å². The van der Waals surface area contributed by atoms with Crippen molar-refractivity contribution in [1.29, 1.82) is 0 Å². The van der Waals surface area contributed by atoms with Gasteiger partial charge in [-0.2, -0.15) is 0 Å². The number of aryl methyl sites for hydroxylation is 1. The second-order valence-electron chi connectivity index (χ2n) is 9.49. The number of benzene rings is 2. The number of thioether (sulfide) groups is 1. The molecule has 180 valence electrons. The molecule has 6 heteroatoms. The van der Waals surface area contributed by atoms with Crippen LogP contribution in [0.3, 0.4) is 0 Å². The summed E-state index contributed by atoms with van der Waals surface area (Å²) < 4.78 is 2.21. The maximum Gasteiger partial charge on any atom is 0.293 e. The van der Waals surface area contributed by atoms with Crippen molar-refractivity contribution in [2.45, 2.75) is 58.4 Å². The van der Waals surface area contributed by atoms with Crippen LogP contribution in [0.2, 0.25) is 5.02 Å². The van der Waals surface area contributed by atoms with Crippen LogP contribution in [-0.2, 0) is 11.3 Å². The van der Waals surface area contributed by atoms with Gasteiger partial charge in [0.25, 0.3) is 11.1 Å². The molecule has 35 heavy (non-hydrogen) atoms. The minimum atomic E-state index is -0.262. The summed E-state index contributed by atoms with van der Waals surface area (Å²) in [5.41, 5.74) is 6.48. The molecular formula is C29H29ClN2O2S. The van der Waals surface area contributed by atoms with E-state index in [1.165, 1.54) is 42.6 Å². The maximum absolute atomic E-state index is 13.0. The van der Waals surface area contributed by atoms with Crippen LogP contribution in [-0.4, -0.2) is 20.6 Å². The smallest absolute Gasteiger partial charge is 0.293 e. The molecule has 1 aliphatic carbocycles. The van der Waals surface area contributed by atoms with Gasteiger partial charge in [0.1, 0.15) is 0 Å². The van der Waals surface area contributed by atoms with Crippen molar-refractivity contribution < 1.29 is 9.59 Å². The monoisotopic (exact) mass is 504 g/mol. The zero-order valence-corrected chi connectivity index (χ0v) is 21.7. The van der Waals surface area contributed by atoms with Gasteiger partial charge in [0.15, 0.2) is 0 Å². The van der Waals surface area contributed by atoms with Crippen LogP contribution in [0, 0.1) is 13.8 Å². The highest BCUT2D eigenvalue weighted by Gasteiger charge is 2.35. The molecule has 0 atom stereocenters. The first-order chi connectivity index (χ1) is 16.9. The summed E-state index contributed by atoms with van der Waals surface area (Å²) in [7, 11) is 0. The SMILES string of the molecule is Cc1cc(/C=C2\SC(=O)N(Cc3cccc(Cl)c3)C2=O)c(C)n1-c1ccc(C2CCCCC2)cc1. The Morgan fingerprint density at radius 1 is 1.00 bits per heavy atom. The molecule has 1 saturated carbocycles. The molecule has 2 aliphatic rings. The van der Waals surface area contributed by atoms with Crippen LogP contribution in [0.25, 0.3) is 11.8 Å². The summed E-state index contributed by atoms with van der Waals surface area (Å²) in [5, 5.41) is 0.331. The second kappa shape index (κ2) is 10.1. The molecule has 1 aromatic heterocycles. The lowest BCUT2D eigenvalue weighted by Gasteiger charge is -2.22. The van der Waals surface area contributed by atoms with E-state index in [0.717, 1.165) is 40.0 Å². The predicted molar refractivity (Wildman–Crippen MR) is 144 cm³/mol. The zero-order valence-electron chi connectivity index (χ0n) is 20.1. The Balaban J connectivity index is 1.37. The molecule has 0 radical (unpaired) electrons. The molecule has 5 rings (SSSR count). The van der Waals surface area contributed by atoms with Crippen molar-refractivity contribution in [3.8, 4) is 5.69 Å². The van der Waals surface area contributed by atoms with Crippen molar-refractivity contribution >= 4 is 40.6 Å². The van der Waals surface area contributed by atoms with Gasteiger partial charge in [-0.3, -0.25) is 14.5 Å². The number of carbonyl (C=O) groups is 2. The summed E-state index contributed by atoms with van der Waals surface area (Å²) >= 11 is 7.06. The van der Waals surface area contributed by atoms with Crippen molar-refractivity contribution in [2.24, 2.45) is 0 Å². The van der Waals surface area contributed by atoms with Crippen LogP contribution in [0.1, 0.15) is 66.1 Å². The molecule has 1 saturated heterocycles. The Bertz CT molecular complexity index is 1300. The van der Waals surface area contributed by atoms with Crippen molar-refractivity contribution in [3.05, 3.63) is 92.6 Å². The average Bonchev–Trinajstić information content (AvgIpc) is 3.28. The first kappa shape index (κ1) is 24.0. The first-order valence-electron chi connectivity index (χ1n) is 12.2. The Morgan fingerprint density at radius 2 is 1.74 bits per heavy atom. The van der Waals surface area contributed by atoms with Crippen molar-refractivity contribution in [2.75, 3.05) is 0 Å². The van der Waals surface area contributed by atoms with Gasteiger partial charge < -0.3 is 4.57 Å². The molecule has 2 amide bonds. The van der Waals surface area contributed by atoms with E-state index in [9.17, 15) is 9.59 Å². The summed E-state index contributed by atoms with van der Waals surface area (Å²) in [4.78, 5) is 27.4. The molecule has 2 fully saturated rings. The van der Waals surface area contributed by atoms with Crippen LogP contribution < -0.4 is 0 Å². The molecule has 0 unspecified atom stereocenters. The number of halogens is 1. The lowest BCUT2D eigenvalue weighted by molar-refractivity contribution is -0.123. The third kappa shape index (κ3) is 4.98. The Morgan fingerprint density at radius 3 is 2.46 bits per heavy atom. The van der Waals surface area contributed by atoms with E-state index in [1.54, 1.807) is 12.1 Å². The summed E-state index contributed by atoms with van der Waals surface area (Å²) in [6.45, 7) is 4.35. The predicted octanol–water partition coefficient (Wildman–Crippen LogP) is 8.03. The lowest BCUT2D eigenvalue weighted by Crippen LogP contribution is -2.27. The summed E-state index contributed by atoms with van der Waals surface area (Å²) in [6, 6.07) is 18.3. The van der Waals surface area contributed by atoms with Gasteiger partial charge in [-0.15, -0.1) is 0 Å². The van der Waals surface area contributed by atoms with E-state index in [0.29, 0.717) is 15.8 Å². The van der Waals surface area contributed by atoms with Gasteiger partial charge in [-0.1, -0.05) is 55.1 Å². The van der Waals surface area contributed by atoms with E-state index < -0.39 is 0 Å². The third-order valence-corrected chi connectivity index (χ3v) is 8.23. The summed E-state index contributed by atoms with van der Waals surface area (Å²) in [5.74, 6) is 0.421. The molecule has 0 N–H and O–H groups in total. The standard InChI is InChI=1S/C29H29ClN2O2S/c1-19-15-24(17-27-28(33)31(29(34)35-27)18-21-7-6-10-25(30)16-21)20(2)32(19)26-13-11-23(12-14-26)22-8-4-3-5-9-22/h6-7,10-17,22H,3-5,8-9,18H2,1-2H3/b27-17-. The van der Waals surface area contributed by atoms with Gasteiger partial charge in [-0.25, -0.2) is 0 Å². The summed E-state index contributed by atoms with van der Waals surface area (Å²) in [6.07, 6.45) is 8.44. The molecule has 0 spiro atoms. The topological polar surface area (TPSA) is 42.3 Å². The van der Waals surface area contributed by atoms with E-state index >= 15 is 0 Å². The fraction of sp³-hybridized carbons (Fsp3) is 0.310. The molecule has 1 aliphatic heterocycles. The van der Waals surface area contributed by atoms with Gasteiger partial charge in [0, 0.05) is 22.1 Å². The number of carbonyl (C=O) groups excluding carboxylic acids is 2. The van der Waals surface area contributed by atoms with E-state index in [2.05, 4.69) is 48.7 Å². The fourth-order valence-corrected chi connectivity index (χ4v) is 6.30. The van der Waals surface area contributed by atoms with Crippen LogP contribution >= 0.6 is 23.4 Å². The second-order valence-corrected chi connectivity index (χ2v) is 10.9. The van der Waals surface area contributed by atoms with E-state index in [4.69, 9.17) is 11.6 Å². The van der Waals surface area contributed by atoms with Gasteiger partial charge in [-0.05, 0) is 97.5 Å². The maximum atomic E-state index is 13.0. The number of aromatic nitrogens is 1. The molecule has 2 aromatic carbocycles. The van der Waals surface area contributed by atoms with E-state index in [1.807, 2.05) is 18.2 Å². The van der Waals surface area contributed by atoms with Crippen molar-refractivity contribution in [3.63, 3.8) is 0 Å². The minimum absolute atomic E-state index is 0.217. The Hall–Kier alpha value is -2.76. The first-order valence-corrected chi connectivity index (χ1v) is 13.4. The molecule has 3 aromatic rings. The largest absolute Gasteiger partial charge is 0.318 e. The van der Waals surface area contributed by atoms with Crippen LogP contribution in [0.5, 0.6) is 0 Å². The number of nitrogens with zero attached hydrogens (tertiary/aromatic N) is 2. The Labute approximate surface area is 216 Å². The number of imide groups is 1. The van der Waals surface area contributed by atoms with Crippen molar-refractivity contribution in [1.82, 2.24) is 9.47 Å². The average molecular weight is 505 g/mol. The number of hydrogen-bond donors (Lipinski definition) is 0. The minimum Gasteiger partial charge on any atom is -0.318 e. The fourth-order valence-electron chi connectivity index (χ4n) is 5.26. The van der Waals surface area contributed by atoms with Gasteiger partial charge in [0.05, 0.1) is 11.4 Å². The normalized spacial score (nSPS) is 18.1. The quantitative estimate of drug-likeness (QED) is 0.330. The highest BCUT2D eigenvalue weighted by atomic mass is 35.5. The van der Waals surface area contributed by atoms with Gasteiger partial charge >= 0.3 is 0 Å². The molecule has 0 bridgehead atoms. The van der Waals surface area contributed by atoms with Crippen LogP contribution in [0.4, 0.5) is 4.79 Å². The number of rotatable bonds is 5. The highest BCUT2D eigenvalue weighted by molar-refractivity contribution is 8.18. The molecular weight excluding hydrogens is 476 g/mol.